The number of benzene rings is 1. The molecule has 33 heavy (non-hydrogen) atoms. The minimum atomic E-state index is -0.342. The Kier molecular flexibility index (Phi) is 5.87. The lowest BCUT2D eigenvalue weighted by Gasteiger charge is -2.27. The van der Waals surface area contributed by atoms with Crippen molar-refractivity contribution in [3.63, 3.8) is 0 Å². The van der Waals surface area contributed by atoms with E-state index in [1.54, 1.807) is 24.5 Å². The quantitative estimate of drug-likeness (QED) is 0.437. The molecule has 3 aromatic heterocycles. The van der Waals surface area contributed by atoms with E-state index < -0.39 is 0 Å². The molecule has 0 unspecified atom stereocenters. The van der Waals surface area contributed by atoms with Gasteiger partial charge in [0, 0.05) is 61.3 Å². The van der Waals surface area contributed by atoms with Crippen LogP contribution >= 0.6 is 0 Å². The van der Waals surface area contributed by atoms with Crippen LogP contribution in [-0.4, -0.2) is 44.5 Å². The third kappa shape index (κ3) is 4.63. The molecule has 5 rings (SSSR count). The van der Waals surface area contributed by atoms with Gasteiger partial charge in [-0.25, -0.2) is 14.8 Å². The van der Waals surface area contributed by atoms with Crippen molar-refractivity contribution in [3.8, 4) is 22.6 Å². The van der Waals surface area contributed by atoms with E-state index in [4.69, 9.17) is 14.7 Å². The summed E-state index contributed by atoms with van der Waals surface area (Å²) < 4.78 is 4.77. The van der Waals surface area contributed by atoms with Gasteiger partial charge in [-0.3, -0.25) is 14.9 Å². The van der Waals surface area contributed by atoms with E-state index in [1.165, 1.54) is 7.11 Å². The molecule has 0 radical (unpaired) electrons. The van der Waals surface area contributed by atoms with E-state index in [0.717, 1.165) is 65.7 Å². The first-order chi connectivity index (χ1) is 16.2. The van der Waals surface area contributed by atoms with Crippen LogP contribution in [0, 0.1) is 0 Å². The van der Waals surface area contributed by atoms with Crippen LogP contribution in [0.4, 0.5) is 0 Å². The van der Waals surface area contributed by atoms with Crippen LogP contribution in [0.2, 0.25) is 0 Å². The molecule has 0 saturated carbocycles. The van der Waals surface area contributed by atoms with Crippen molar-refractivity contribution < 1.29 is 9.53 Å². The smallest absolute Gasteiger partial charge is 0.337 e. The first-order valence-electron chi connectivity index (χ1n) is 10.8. The summed E-state index contributed by atoms with van der Waals surface area (Å²) in [6.45, 7) is 2.45. The number of rotatable bonds is 5. The fourth-order valence-corrected chi connectivity index (χ4v) is 4.00. The Hall–Kier alpha value is -3.97. The average Bonchev–Trinajstić information content (AvgIpc) is 2.88. The molecule has 0 fully saturated rings. The van der Waals surface area contributed by atoms with Gasteiger partial charge in [0.05, 0.1) is 29.8 Å². The Balaban J connectivity index is 1.29. The molecule has 7 heteroatoms. The predicted molar refractivity (Wildman–Crippen MR) is 124 cm³/mol. The molecule has 4 aromatic rings. The highest BCUT2D eigenvalue weighted by Gasteiger charge is 2.19. The molecule has 0 aliphatic carbocycles. The van der Waals surface area contributed by atoms with Gasteiger partial charge < -0.3 is 4.74 Å². The van der Waals surface area contributed by atoms with Crippen LogP contribution in [-0.2, 0) is 24.2 Å². The van der Waals surface area contributed by atoms with Gasteiger partial charge in [-0.2, -0.15) is 0 Å². The molecule has 0 saturated heterocycles. The normalized spacial score (nSPS) is 13.4. The number of hydrogen-bond acceptors (Lipinski definition) is 7. The number of pyridine rings is 2. The summed E-state index contributed by atoms with van der Waals surface area (Å²) in [7, 11) is 1.38. The molecular weight excluding hydrogens is 414 g/mol. The standard InChI is InChI=1S/C26H23N5O2/c1-33-26(32)19-9-7-18(8-10-19)23-6-2-5-22(29-23)17-31-13-11-24-21(16-31)15-28-25(30-24)20-4-3-12-27-14-20/h2-10,12,14-15H,11,13,16-17H2,1H3. The average molecular weight is 438 g/mol. The number of carbonyl (C=O) groups excluding carboxylic acids is 1. The number of aromatic nitrogens is 4. The zero-order valence-corrected chi connectivity index (χ0v) is 18.3. The molecule has 164 valence electrons. The molecule has 0 atom stereocenters. The van der Waals surface area contributed by atoms with Gasteiger partial charge >= 0.3 is 5.97 Å². The Morgan fingerprint density at radius 1 is 1.00 bits per heavy atom. The third-order valence-electron chi connectivity index (χ3n) is 5.73. The van der Waals surface area contributed by atoms with E-state index in [1.807, 2.05) is 48.7 Å². The van der Waals surface area contributed by atoms with E-state index >= 15 is 0 Å². The summed E-state index contributed by atoms with van der Waals surface area (Å²) >= 11 is 0. The first kappa shape index (κ1) is 20.9. The van der Waals surface area contributed by atoms with Crippen LogP contribution < -0.4 is 0 Å². The number of esters is 1. The number of fused-ring (bicyclic) bond motifs is 1. The van der Waals surface area contributed by atoms with Crippen molar-refractivity contribution in [2.75, 3.05) is 13.7 Å². The lowest BCUT2D eigenvalue weighted by atomic mass is 10.1. The van der Waals surface area contributed by atoms with Crippen LogP contribution in [0.1, 0.15) is 27.3 Å². The second-order valence-electron chi connectivity index (χ2n) is 7.95. The minimum Gasteiger partial charge on any atom is -0.465 e. The van der Waals surface area contributed by atoms with Gasteiger partial charge in [-0.15, -0.1) is 0 Å². The van der Waals surface area contributed by atoms with Crippen LogP contribution in [0.5, 0.6) is 0 Å². The number of ether oxygens (including phenoxy) is 1. The number of carbonyl (C=O) groups is 1. The summed E-state index contributed by atoms with van der Waals surface area (Å²) in [5.41, 5.74) is 6.56. The number of nitrogens with zero attached hydrogens (tertiary/aromatic N) is 5. The molecule has 0 N–H and O–H groups in total. The van der Waals surface area contributed by atoms with Crippen molar-refractivity contribution in [1.29, 1.82) is 0 Å². The van der Waals surface area contributed by atoms with Crippen molar-refractivity contribution in [3.05, 3.63) is 95.7 Å². The lowest BCUT2D eigenvalue weighted by Crippen LogP contribution is -2.31. The minimum absolute atomic E-state index is 0.342. The summed E-state index contributed by atoms with van der Waals surface area (Å²) in [4.78, 5) is 32.4. The van der Waals surface area contributed by atoms with Crippen molar-refractivity contribution in [1.82, 2.24) is 24.8 Å². The maximum Gasteiger partial charge on any atom is 0.337 e. The van der Waals surface area contributed by atoms with Gasteiger partial charge in [-0.05, 0) is 36.4 Å². The zero-order valence-electron chi connectivity index (χ0n) is 18.3. The van der Waals surface area contributed by atoms with Crippen LogP contribution in [0.15, 0.2) is 73.2 Å². The molecule has 1 aliphatic heterocycles. The number of hydrogen-bond donors (Lipinski definition) is 0. The first-order valence-corrected chi connectivity index (χ1v) is 10.8. The Morgan fingerprint density at radius 3 is 2.67 bits per heavy atom. The van der Waals surface area contributed by atoms with E-state index in [0.29, 0.717) is 5.56 Å². The molecule has 1 aliphatic rings. The SMILES string of the molecule is COC(=O)c1ccc(-c2cccc(CN3CCc4nc(-c5cccnc5)ncc4C3)n2)cc1. The fraction of sp³-hybridized carbons (Fsp3) is 0.192. The van der Waals surface area contributed by atoms with E-state index in [2.05, 4.69) is 14.9 Å². The topological polar surface area (TPSA) is 81.1 Å². The molecule has 0 spiro atoms. The van der Waals surface area contributed by atoms with E-state index in [-0.39, 0.29) is 5.97 Å². The van der Waals surface area contributed by atoms with Gasteiger partial charge in [0.15, 0.2) is 5.82 Å². The number of methoxy groups -OCH3 is 1. The molecule has 0 bridgehead atoms. The summed E-state index contributed by atoms with van der Waals surface area (Å²) in [5.74, 6) is 0.382. The lowest BCUT2D eigenvalue weighted by molar-refractivity contribution is 0.0600. The van der Waals surface area contributed by atoms with Gasteiger partial charge in [0.2, 0.25) is 0 Å². The third-order valence-corrected chi connectivity index (χ3v) is 5.73. The molecule has 0 amide bonds. The van der Waals surface area contributed by atoms with Gasteiger partial charge in [-0.1, -0.05) is 18.2 Å². The summed E-state index contributed by atoms with van der Waals surface area (Å²) in [6, 6.07) is 17.2. The van der Waals surface area contributed by atoms with E-state index in [9.17, 15) is 4.79 Å². The van der Waals surface area contributed by atoms with Crippen LogP contribution in [0.3, 0.4) is 0 Å². The Bertz CT molecular complexity index is 1280. The molecule has 7 nitrogen and oxygen atoms in total. The van der Waals surface area contributed by atoms with Gasteiger partial charge in [0.1, 0.15) is 0 Å². The Morgan fingerprint density at radius 2 is 1.88 bits per heavy atom. The van der Waals surface area contributed by atoms with Crippen molar-refractivity contribution in [2.45, 2.75) is 19.5 Å². The molecule has 1 aromatic carbocycles. The summed E-state index contributed by atoms with van der Waals surface area (Å²) in [6.07, 6.45) is 6.35. The Labute approximate surface area is 192 Å². The highest BCUT2D eigenvalue weighted by Crippen LogP contribution is 2.23. The largest absolute Gasteiger partial charge is 0.465 e. The highest BCUT2D eigenvalue weighted by molar-refractivity contribution is 5.89. The molecular formula is C26H23N5O2. The maximum atomic E-state index is 11.7. The second-order valence-corrected chi connectivity index (χ2v) is 7.95. The van der Waals surface area contributed by atoms with Gasteiger partial charge in [0.25, 0.3) is 0 Å². The highest BCUT2D eigenvalue weighted by atomic mass is 16.5. The summed E-state index contributed by atoms with van der Waals surface area (Å²) in [5, 5.41) is 0. The fourth-order valence-electron chi connectivity index (χ4n) is 4.00. The molecule has 4 heterocycles. The van der Waals surface area contributed by atoms with Crippen LogP contribution in [0.25, 0.3) is 22.6 Å². The second kappa shape index (κ2) is 9.26. The maximum absolute atomic E-state index is 11.7. The predicted octanol–water partition coefficient (Wildman–Crippen LogP) is 3.95. The van der Waals surface area contributed by atoms with Crippen molar-refractivity contribution >= 4 is 5.97 Å². The van der Waals surface area contributed by atoms with Crippen molar-refractivity contribution in [2.24, 2.45) is 0 Å². The zero-order chi connectivity index (χ0) is 22.6. The monoisotopic (exact) mass is 437 g/mol.